The van der Waals surface area contributed by atoms with Gasteiger partial charge in [0.2, 0.25) is 5.91 Å². The zero-order valence-corrected chi connectivity index (χ0v) is 13.4. The highest BCUT2D eigenvalue weighted by atomic mass is 16.2. The highest BCUT2D eigenvalue weighted by Gasteiger charge is 2.15. The molecule has 7 heteroatoms. The van der Waals surface area contributed by atoms with Gasteiger partial charge in [-0.2, -0.15) is 10.2 Å². The third-order valence-electron chi connectivity index (χ3n) is 3.67. The van der Waals surface area contributed by atoms with Crippen molar-refractivity contribution in [2.45, 2.75) is 45.8 Å². The first kappa shape index (κ1) is 16.2. The van der Waals surface area contributed by atoms with Gasteiger partial charge in [-0.15, -0.1) is 0 Å². The van der Waals surface area contributed by atoms with Gasteiger partial charge in [0.1, 0.15) is 5.82 Å². The molecule has 0 aliphatic carbocycles. The molecule has 7 nitrogen and oxygen atoms in total. The largest absolute Gasteiger partial charge is 0.310 e. The van der Waals surface area contributed by atoms with Crippen LogP contribution in [0, 0.1) is 0 Å². The van der Waals surface area contributed by atoms with Crippen LogP contribution in [-0.2, 0) is 11.3 Å². The monoisotopic (exact) mass is 304 g/mol. The third-order valence-corrected chi connectivity index (χ3v) is 3.67. The van der Waals surface area contributed by atoms with E-state index < -0.39 is 0 Å². The maximum atomic E-state index is 12.0. The minimum Gasteiger partial charge on any atom is -0.310 e. The zero-order chi connectivity index (χ0) is 15.9. The van der Waals surface area contributed by atoms with E-state index in [2.05, 4.69) is 34.7 Å². The lowest BCUT2D eigenvalue weighted by atomic mass is 10.2. The Hall–Kier alpha value is -2.15. The molecule has 0 aliphatic rings. The summed E-state index contributed by atoms with van der Waals surface area (Å²) < 4.78 is 3.68. The zero-order valence-electron chi connectivity index (χ0n) is 13.4. The van der Waals surface area contributed by atoms with E-state index >= 15 is 0 Å². The van der Waals surface area contributed by atoms with Crippen molar-refractivity contribution in [3.05, 3.63) is 30.7 Å². The van der Waals surface area contributed by atoms with Crippen molar-refractivity contribution in [3.63, 3.8) is 0 Å². The Morgan fingerprint density at radius 1 is 1.32 bits per heavy atom. The highest BCUT2D eigenvalue weighted by molar-refractivity contribution is 5.91. The van der Waals surface area contributed by atoms with Crippen molar-refractivity contribution in [1.29, 1.82) is 0 Å². The second-order valence-electron chi connectivity index (χ2n) is 5.38. The number of amides is 1. The van der Waals surface area contributed by atoms with E-state index in [0.717, 1.165) is 18.8 Å². The molecular weight excluding hydrogens is 280 g/mol. The minimum atomic E-state index is -0.0719. The fourth-order valence-electron chi connectivity index (χ4n) is 2.19. The molecule has 2 N–H and O–H groups in total. The molecule has 1 amide bonds. The van der Waals surface area contributed by atoms with E-state index in [0.29, 0.717) is 0 Å². The summed E-state index contributed by atoms with van der Waals surface area (Å²) in [5.41, 5.74) is 0. The van der Waals surface area contributed by atoms with Gasteiger partial charge in [0.15, 0.2) is 0 Å². The van der Waals surface area contributed by atoms with Crippen molar-refractivity contribution in [1.82, 2.24) is 24.9 Å². The molecule has 2 atom stereocenters. The maximum Gasteiger partial charge on any atom is 0.239 e. The van der Waals surface area contributed by atoms with Gasteiger partial charge in [0, 0.05) is 31.0 Å². The molecule has 120 valence electrons. The summed E-state index contributed by atoms with van der Waals surface area (Å²) in [6.45, 7) is 7.24. The van der Waals surface area contributed by atoms with Crippen molar-refractivity contribution >= 4 is 11.7 Å². The van der Waals surface area contributed by atoms with Gasteiger partial charge in [0.25, 0.3) is 0 Å². The normalized spacial score (nSPS) is 13.8. The van der Waals surface area contributed by atoms with E-state index in [4.69, 9.17) is 0 Å². The number of nitrogens with one attached hydrogen (secondary N) is 2. The summed E-state index contributed by atoms with van der Waals surface area (Å²) in [4.78, 5) is 12.0. The molecule has 0 unspecified atom stereocenters. The lowest BCUT2D eigenvalue weighted by molar-refractivity contribution is -0.115. The molecule has 0 spiro atoms. The van der Waals surface area contributed by atoms with Crippen LogP contribution in [0.4, 0.5) is 5.82 Å². The molecule has 0 bridgehead atoms. The fraction of sp³-hybridized carbons (Fsp3) is 0.533. The number of aromatic nitrogens is 4. The summed E-state index contributed by atoms with van der Waals surface area (Å²) >= 11 is 0. The number of nitrogens with zero attached hydrogens (tertiary/aromatic N) is 4. The summed E-state index contributed by atoms with van der Waals surface area (Å²) in [7, 11) is 0. The number of aryl methyl sites for hydroxylation is 1. The third kappa shape index (κ3) is 4.17. The number of carbonyl (C=O) groups excluding carboxylic acids is 1. The molecule has 0 saturated heterocycles. The van der Waals surface area contributed by atoms with Crippen LogP contribution in [0.25, 0.3) is 0 Å². The van der Waals surface area contributed by atoms with Crippen LogP contribution in [0.3, 0.4) is 0 Å². The Kier molecular flexibility index (Phi) is 5.71. The van der Waals surface area contributed by atoms with Gasteiger partial charge in [-0.05, 0) is 26.3 Å². The van der Waals surface area contributed by atoms with Crippen LogP contribution >= 0.6 is 0 Å². The average molecular weight is 304 g/mol. The molecule has 0 aliphatic heterocycles. The van der Waals surface area contributed by atoms with Crippen LogP contribution in [0.5, 0.6) is 0 Å². The minimum absolute atomic E-state index is 0.0719. The Morgan fingerprint density at radius 3 is 2.82 bits per heavy atom. The van der Waals surface area contributed by atoms with Crippen molar-refractivity contribution in [2.75, 3.05) is 11.9 Å². The fourth-order valence-corrected chi connectivity index (χ4v) is 2.19. The van der Waals surface area contributed by atoms with Gasteiger partial charge in [-0.25, -0.2) is 4.68 Å². The number of rotatable bonds is 8. The molecule has 0 radical (unpaired) electrons. The van der Waals surface area contributed by atoms with Gasteiger partial charge in [0.05, 0.1) is 18.8 Å². The SMILES string of the molecule is CCCn1nccc1NC(=O)CN[C@H](C)[C@@H](C)n1cccn1. The molecule has 0 aromatic carbocycles. The van der Waals surface area contributed by atoms with Crippen molar-refractivity contribution in [2.24, 2.45) is 0 Å². The van der Waals surface area contributed by atoms with E-state index in [1.54, 1.807) is 17.1 Å². The first-order valence-electron chi connectivity index (χ1n) is 7.66. The topological polar surface area (TPSA) is 76.8 Å². The van der Waals surface area contributed by atoms with Crippen LogP contribution in [0.1, 0.15) is 33.2 Å². The molecular formula is C15H24N6O. The number of carbonyl (C=O) groups is 1. The number of anilines is 1. The first-order valence-corrected chi connectivity index (χ1v) is 7.66. The predicted molar refractivity (Wildman–Crippen MR) is 85.6 cm³/mol. The van der Waals surface area contributed by atoms with Crippen LogP contribution < -0.4 is 10.6 Å². The van der Waals surface area contributed by atoms with Crippen LogP contribution in [0.15, 0.2) is 30.7 Å². The second-order valence-corrected chi connectivity index (χ2v) is 5.38. The van der Waals surface area contributed by atoms with E-state index in [9.17, 15) is 4.79 Å². The standard InChI is InChI=1S/C15H24N6O/c1-4-9-21-14(6-8-18-21)19-15(22)11-16-12(2)13(3)20-10-5-7-17-20/h5-8,10,12-13,16H,4,9,11H2,1-3H3,(H,19,22)/t12-,13-/m1/s1. The first-order chi connectivity index (χ1) is 10.6. The van der Waals surface area contributed by atoms with E-state index in [-0.39, 0.29) is 24.5 Å². The Labute approximate surface area is 130 Å². The summed E-state index contributed by atoms with van der Waals surface area (Å²) in [5.74, 6) is 0.666. The maximum absolute atomic E-state index is 12.0. The molecule has 2 heterocycles. The molecule has 2 rings (SSSR count). The van der Waals surface area contributed by atoms with Gasteiger partial charge in [-0.3, -0.25) is 9.48 Å². The molecule has 22 heavy (non-hydrogen) atoms. The lowest BCUT2D eigenvalue weighted by Crippen LogP contribution is -2.39. The van der Waals surface area contributed by atoms with Gasteiger partial charge < -0.3 is 10.6 Å². The predicted octanol–water partition coefficient (Wildman–Crippen LogP) is 1.67. The van der Waals surface area contributed by atoms with Crippen LogP contribution in [0.2, 0.25) is 0 Å². The highest BCUT2D eigenvalue weighted by Crippen LogP contribution is 2.09. The van der Waals surface area contributed by atoms with E-state index in [1.165, 1.54) is 0 Å². The number of hydrogen-bond acceptors (Lipinski definition) is 4. The molecule has 0 fully saturated rings. The molecule has 2 aromatic rings. The van der Waals surface area contributed by atoms with Crippen molar-refractivity contribution in [3.8, 4) is 0 Å². The lowest BCUT2D eigenvalue weighted by Gasteiger charge is -2.21. The summed E-state index contributed by atoms with van der Waals surface area (Å²) in [6, 6.07) is 4.01. The van der Waals surface area contributed by atoms with Crippen molar-refractivity contribution < 1.29 is 4.79 Å². The second kappa shape index (κ2) is 7.74. The average Bonchev–Trinajstić information content (AvgIpc) is 3.17. The van der Waals surface area contributed by atoms with Gasteiger partial charge >= 0.3 is 0 Å². The van der Waals surface area contributed by atoms with Gasteiger partial charge in [-0.1, -0.05) is 6.92 Å². The Morgan fingerprint density at radius 2 is 2.14 bits per heavy atom. The van der Waals surface area contributed by atoms with E-state index in [1.807, 2.05) is 29.9 Å². The summed E-state index contributed by atoms with van der Waals surface area (Å²) in [5, 5.41) is 14.5. The Bertz CT molecular complexity index is 577. The Balaban J connectivity index is 1.81. The smallest absolute Gasteiger partial charge is 0.239 e. The summed E-state index contributed by atoms with van der Waals surface area (Å²) in [6.07, 6.45) is 6.35. The molecule has 0 saturated carbocycles. The quantitative estimate of drug-likeness (QED) is 0.778. The molecule has 2 aromatic heterocycles. The van der Waals surface area contributed by atoms with Crippen LogP contribution in [-0.4, -0.2) is 38.1 Å². The number of hydrogen-bond donors (Lipinski definition) is 2.